The van der Waals surface area contributed by atoms with Crippen molar-refractivity contribution in [2.75, 3.05) is 6.54 Å². The van der Waals surface area contributed by atoms with Gasteiger partial charge in [-0.25, -0.2) is 0 Å². The maximum Gasteiger partial charge on any atom is 0.0766 e. The van der Waals surface area contributed by atoms with Crippen molar-refractivity contribution in [3.8, 4) is 0 Å². The molecule has 2 aliphatic carbocycles. The van der Waals surface area contributed by atoms with Crippen LogP contribution in [0.3, 0.4) is 0 Å². The van der Waals surface area contributed by atoms with E-state index >= 15 is 0 Å². The summed E-state index contributed by atoms with van der Waals surface area (Å²) in [4.78, 5) is 0. The van der Waals surface area contributed by atoms with Crippen molar-refractivity contribution < 1.29 is 5.11 Å². The van der Waals surface area contributed by atoms with E-state index in [-0.39, 0.29) is 10.8 Å². The van der Waals surface area contributed by atoms with Gasteiger partial charge >= 0.3 is 0 Å². The Morgan fingerprint density at radius 1 is 0.833 bits per heavy atom. The van der Waals surface area contributed by atoms with Crippen LogP contribution in [0.2, 0.25) is 0 Å². The zero-order valence-corrected chi connectivity index (χ0v) is 12.3. The summed E-state index contributed by atoms with van der Waals surface area (Å²) in [6.45, 7) is 5.18. The molecule has 3 N–H and O–H groups in total. The molecule has 2 rings (SSSR count). The third kappa shape index (κ3) is 2.12. The van der Waals surface area contributed by atoms with Crippen LogP contribution in [0.15, 0.2) is 0 Å². The third-order valence-corrected chi connectivity index (χ3v) is 6.04. The van der Waals surface area contributed by atoms with E-state index in [1.54, 1.807) is 0 Å². The summed E-state index contributed by atoms with van der Waals surface area (Å²) in [6, 6.07) is 0. The van der Waals surface area contributed by atoms with Crippen molar-refractivity contribution in [3.63, 3.8) is 0 Å². The molecule has 2 aliphatic rings. The highest BCUT2D eigenvalue weighted by Crippen LogP contribution is 2.57. The molecule has 0 aromatic carbocycles. The summed E-state index contributed by atoms with van der Waals surface area (Å²) in [5.41, 5.74) is 5.64. The van der Waals surface area contributed by atoms with Crippen molar-refractivity contribution in [2.45, 2.75) is 83.7 Å². The van der Waals surface area contributed by atoms with Crippen molar-refractivity contribution in [1.82, 2.24) is 0 Å². The Labute approximate surface area is 112 Å². The minimum Gasteiger partial charge on any atom is -0.389 e. The summed E-state index contributed by atoms with van der Waals surface area (Å²) in [5.74, 6) is 0. The number of rotatable bonds is 2. The van der Waals surface area contributed by atoms with Crippen LogP contribution in [0.5, 0.6) is 0 Å². The van der Waals surface area contributed by atoms with E-state index in [9.17, 15) is 5.11 Å². The highest BCUT2D eigenvalue weighted by atomic mass is 16.3. The number of hydrogen-bond donors (Lipinski definition) is 2. The predicted octanol–water partition coefficient (Wildman–Crippen LogP) is 3.62. The molecule has 106 valence electrons. The van der Waals surface area contributed by atoms with Gasteiger partial charge in [0.1, 0.15) is 0 Å². The van der Waals surface area contributed by atoms with E-state index in [0.29, 0.717) is 6.54 Å². The summed E-state index contributed by atoms with van der Waals surface area (Å²) in [5, 5.41) is 11.5. The highest BCUT2D eigenvalue weighted by Gasteiger charge is 2.57. The predicted molar refractivity (Wildman–Crippen MR) is 76.4 cm³/mol. The van der Waals surface area contributed by atoms with Gasteiger partial charge < -0.3 is 10.8 Å². The lowest BCUT2D eigenvalue weighted by Crippen LogP contribution is -2.61. The molecule has 1 unspecified atom stereocenters. The van der Waals surface area contributed by atoms with Crippen LogP contribution in [-0.2, 0) is 0 Å². The van der Waals surface area contributed by atoms with Gasteiger partial charge in [0.25, 0.3) is 0 Å². The van der Waals surface area contributed by atoms with Gasteiger partial charge in [-0.3, -0.25) is 0 Å². The van der Waals surface area contributed by atoms with Gasteiger partial charge in [-0.2, -0.15) is 0 Å². The van der Waals surface area contributed by atoms with E-state index in [4.69, 9.17) is 5.73 Å². The Morgan fingerprint density at radius 3 is 1.83 bits per heavy atom. The van der Waals surface area contributed by atoms with Crippen molar-refractivity contribution in [3.05, 3.63) is 0 Å². The van der Waals surface area contributed by atoms with Crippen LogP contribution in [-0.4, -0.2) is 17.3 Å². The second-order valence-corrected chi connectivity index (χ2v) is 7.35. The Hall–Kier alpha value is -0.0800. The van der Waals surface area contributed by atoms with E-state index in [2.05, 4.69) is 13.8 Å². The second-order valence-electron chi connectivity index (χ2n) is 7.35. The number of aliphatic hydroxyl groups is 1. The minimum absolute atomic E-state index is 0.0204. The molecular weight excluding hydrogens is 222 g/mol. The zero-order chi connectivity index (χ0) is 13.3. The Kier molecular flexibility index (Phi) is 4.08. The van der Waals surface area contributed by atoms with E-state index in [0.717, 1.165) is 25.7 Å². The van der Waals surface area contributed by atoms with Gasteiger partial charge in [0.15, 0.2) is 0 Å². The van der Waals surface area contributed by atoms with Gasteiger partial charge in [0.2, 0.25) is 0 Å². The van der Waals surface area contributed by atoms with Crippen LogP contribution in [0, 0.1) is 10.8 Å². The van der Waals surface area contributed by atoms with Gasteiger partial charge in [0, 0.05) is 12.0 Å². The lowest BCUT2D eigenvalue weighted by Gasteiger charge is -2.57. The Balaban J connectivity index is 2.33. The van der Waals surface area contributed by atoms with E-state index < -0.39 is 5.60 Å². The first-order valence-electron chi connectivity index (χ1n) is 7.90. The third-order valence-electron chi connectivity index (χ3n) is 6.04. The van der Waals surface area contributed by atoms with Crippen LogP contribution in [0.25, 0.3) is 0 Å². The van der Waals surface area contributed by atoms with Gasteiger partial charge in [0.05, 0.1) is 5.60 Å². The van der Waals surface area contributed by atoms with Crippen molar-refractivity contribution in [1.29, 1.82) is 0 Å². The molecule has 0 aromatic rings. The Morgan fingerprint density at radius 2 is 1.33 bits per heavy atom. The monoisotopic (exact) mass is 253 g/mol. The first-order chi connectivity index (χ1) is 8.47. The average molecular weight is 253 g/mol. The summed E-state index contributed by atoms with van der Waals surface area (Å²) in [7, 11) is 0. The molecule has 2 saturated carbocycles. The smallest absolute Gasteiger partial charge is 0.0766 e. The first-order valence-corrected chi connectivity index (χ1v) is 7.90. The highest BCUT2D eigenvalue weighted by molar-refractivity contribution is 5.09. The molecule has 0 spiro atoms. The standard InChI is InChI=1S/C16H31NO/c1-14(2)9-7-8-12-16(14,18)15(13-17)10-5-3-4-6-11-15/h18H,3-13,17H2,1-2H3. The molecule has 2 fully saturated rings. The van der Waals surface area contributed by atoms with Gasteiger partial charge in [-0.1, -0.05) is 52.4 Å². The van der Waals surface area contributed by atoms with Crippen LogP contribution < -0.4 is 5.73 Å². The first kappa shape index (κ1) is 14.3. The molecule has 0 aliphatic heterocycles. The van der Waals surface area contributed by atoms with Crippen LogP contribution in [0.4, 0.5) is 0 Å². The molecule has 2 nitrogen and oxygen atoms in total. The van der Waals surface area contributed by atoms with Crippen LogP contribution in [0.1, 0.15) is 78.1 Å². The number of hydrogen-bond acceptors (Lipinski definition) is 2. The lowest BCUT2D eigenvalue weighted by atomic mass is 9.52. The fourth-order valence-electron chi connectivity index (χ4n) is 4.67. The van der Waals surface area contributed by atoms with Crippen molar-refractivity contribution in [2.24, 2.45) is 16.6 Å². The summed E-state index contributed by atoms with van der Waals surface area (Å²) >= 11 is 0. The molecule has 0 heterocycles. The van der Waals surface area contributed by atoms with E-state index in [1.807, 2.05) is 0 Å². The summed E-state index contributed by atoms with van der Waals surface area (Å²) in [6.07, 6.45) is 11.9. The second kappa shape index (κ2) is 5.13. The fourth-order valence-corrected chi connectivity index (χ4v) is 4.67. The molecule has 1 atom stereocenters. The van der Waals surface area contributed by atoms with Gasteiger partial charge in [-0.15, -0.1) is 0 Å². The average Bonchev–Trinajstić information content (AvgIpc) is 2.59. The molecule has 2 heteroatoms. The molecule has 0 amide bonds. The molecule has 18 heavy (non-hydrogen) atoms. The Bertz CT molecular complexity index is 279. The van der Waals surface area contributed by atoms with Crippen molar-refractivity contribution >= 4 is 0 Å². The maximum atomic E-state index is 11.5. The minimum atomic E-state index is -0.544. The lowest BCUT2D eigenvalue weighted by molar-refractivity contribution is -0.186. The van der Waals surface area contributed by atoms with Gasteiger partial charge in [-0.05, 0) is 31.1 Å². The maximum absolute atomic E-state index is 11.5. The summed E-state index contributed by atoms with van der Waals surface area (Å²) < 4.78 is 0. The quantitative estimate of drug-likeness (QED) is 0.738. The number of nitrogens with two attached hydrogens (primary N) is 1. The fraction of sp³-hybridized carbons (Fsp3) is 1.00. The zero-order valence-electron chi connectivity index (χ0n) is 12.3. The molecule has 0 aromatic heterocycles. The van der Waals surface area contributed by atoms with E-state index in [1.165, 1.54) is 38.5 Å². The van der Waals surface area contributed by atoms with Crippen LogP contribution >= 0.6 is 0 Å². The SMILES string of the molecule is CC1(C)CCCCC1(O)C1(CN)CCCCCC1. The molecule has 0 saturated heterocycles. The molecular formula is C16H31NO. The topological polar surface area (TPSA) is 46.2 Å². The molecule has 0 radical (unpaired) electrons. The largest absolute Gasteiger partial charge is 0.389 e. The molecule has 0 bridgehead atoms. The normalized spacial score (nSPS) is 36.0.